The maximum atomic E-state index is 14.3. The van der Waals surface area contributed by atoms with E-state index in [2.05, 4.69) is 5.10 Å². The fraction of sp³-hybridized carbons (Fsp3) is 0.316. The molecule has 5 nitrogen and oxygen atoms in total. The van der Waals surface area contributed by atoms with Crippen molar-refractivity contribution < 1.29 is 14.0 Å². The molecule has 0 fully saturated rings. The summed E-state index contributed by atoms with van der Waals surface area (Å²) in [4.78, 5) is 26.9. The van der Waals surface area contributed by atoms with Crippen molar-refractivity contribution in [1.29, 1.82) is 0 Å². The SMILES string of the molecule is CCC(=O)N(C)CC(=O)N1N=C(c2cccs2)CC1c1ccccc1F. The number of hydrogen-bond donors (Lipinski definition) is 0. The highest BCUT2D eigenvalue weighted by molar-refractivity contribution is 7.12. The van der Waals surface area contributed by atoms with E-state index in [1.807, 2.05) is 17.5 Å². The molecule has 2 heterocycles. The van der Waals surface area contributed by atoms with Crippen molar-refractivity contribution in [3.05, 3.63) is 58.0 Å². The van der Waals surface area contributed by atoms with E-state index in [0.29, 0.717) is 18.4 Å². The Kier molecular flexibility index (Phi) is 5.46. The average Bonchev–Trinajstić information content (AvgIpc) is 3.30. The van der Waals surface area contributed by atoms with Crippen LogP contribution in [0.3, 0.4) is 0 Å². The number of carbonyl (C=O) groups is 2. The number of carbonyl (C=O) groups excluding carboxylic acids is 2. The molecule has 0 saturated heterocycles. The van der Waals surface area contributed by atoms with Gasteiger partial charge in [-0.15, -0.1) is 11.3 Å². The Morgan fingerprint density at radius 3 is 2.73 bits per heavy atom. The largest absolute Gasteiger partial charge is 0.336 e. The van der Waals surface area contributed by atoms with E-state index in [1.165, 1.54) is 27.3 Å². The van der Waals surface area contributed by atoms with Crippen LogP contribution in [0.1, 0.15) is 36.2 Å². The summed E-state index contributed by atoms with van der Waals surface area (Å²) in [5, 5.41) is 7.74. The van der Waals surface area contributed by atoms with Crippen molar-refractivity contribution in [1.82, 2.24) is 9.91 Å². The lowest BCUT2D eigenvalue weighted by Gasteiger charge is -2.25. The predicted octanol–water partition coefficient (Wildman–Crippen LogP) is 3.43. The minimum Gasteiger partial charge on any atom is -0.336 e. The molecular weight excluding hydrogens is 353 g/mol. The first-order valence-electron chi connectivity index (χ1n) is 8.43. The number of hydrazone groups is 1. The maximum absolute atomic E-state index is 14.3. The minimum atomic E-state index is -0.508. The third kappa shape index (κ3) is 3.67. The molecule has 0 spiro atoms. The first-order valence-corrected chi connectivity index (χ1v) is 9.31. The monoisotopic (exact) mass is 373 g/mol. The highest BCUT2D eigenvalue weighted by Gasteiger charge is 2.35. The lowest BCUT2D eigenvalue weighted by molar-refractivity contribution is -0.140. The van der Waals surface area contributed by atoms with Crippen molar-refractivity contribution in [2.45, 2.75) is 25.8 Å². The van der Waals surface area contributed by atoms with Gasteiger partial charge in [-0.3, -0.25) is 9.59 Å². The molecule has 3 rings (SSSR count). The number of benzene rings is 1. The number of amides is 2. The summed E-state index contributed by atoms with van der Waals surface area (Å²) in [6.45, 7) is 1.66. The summed E-state index contributed by atoms with van der Waals surface area (Å²) < 4.78 is 14.3. The zero-order chi connectivity index (χ0) is 18.7. The van der Waals surface area contributed by atoms with Gasteiger partial charge in [0.05, 0.1) is 16.6 Å². The number of likely N-dealkylation sites (N-methyl/N-ethyl adjacent to an activating group) is 1. The summed E-state index contributed by atoms with van der Waals surface area (Å²) >= 11 is 1.53. The van der Waals surface area contributed by atoms with Gasteiger partial charge in [0.2, 0.25) is 5.91 Å². The molecule has 1 atom stereocenters. The Morgan fingerprint density at radius 1 is 1.31 bits per heavy atom. The highest BCUT2D eigenvalue weighted by atomic mass is 32.1. The Hall–Kier alpha value is -2.54. The van der Waals surface area contributed by atoms with E-state index in [4.69, 9.17) is 0 Å². The second-order valence-corrected chi connectivity index (χ2v) is 7.05. The van der Waals surface area contributed by atoms with Crippen LogP contribution >= 0.6 is 11.3 Å². The quantitative estimate of drug-likeness (QED) is 0.806. The lowest BCUT2D eigenvalue weighted by Crippen LogP contribution is -2.39. The van der Waals surface area contributed by atoms with E-state index >= 15 is 0 Å². The van der Waals surface area contributed by atoms with E-state index in [-0.39, 0.29) is 24.2 Å². The fourth-order valence-corrected chi connectivity index (χ4v) is 3.67. The van der Waals surface area contributed by atoms with Crippen LogP contribution in [0.5, 0.6) is 0 Å². The molecule has 0 aliphatic carbocycles. The summed E-state index contributed by atoms with van der Waals surface area (Å²) in [6, 6.07) is 9.76. The maximum Gasteiger partial charge on any atom is 0.262 e. The van der Waals surface area contributed by atoms with E-state index in [1.54, 1.807) is 32.2 Å². The molecule has 0 saturated carbocycles. The number of halogens is 1. The summed E-state index contributed by atoms with van der Waals surface area (Å²) in [6.07, 6.45) is 0.767. The molecular formula is C19H20FN3O2S. The van der Waals surface area contributed by atoms with Crippen molar-refractivity contribution in [3.8, 4) is 0 Å². The second kappa shape index (κ2) is 7.78. The number of thiophene rings is 1. The van der Waals surface area contributed by atoms with Crippen LogP contribution in [-0.4, -0.2) is 41.0 Å². The molecule has 0 radical (unpaired) electrons. The number of hydrogen-bond acceptors (Lipinski definition) is 4. The van der Waals surface area contributed by atoms with Crippen LogP contribution in [-0.2, 0) is 9.59 Å². The van der Waals surface area contributed by atoms with Gasteiger partial charge in [0.25, 0.3) is 5.91 Å². The van der Waals surface area contributed by atoms with Gasteiger partial charge < -0.3 is 4.90 Å². The molecule has 1 aliphatic rings. The Morgan fingerprint density at radius 2 is 2.08 bits per heavy atom. The summed E-state index contributed by atoms with van der Waals surface area (Å²) in [5.41, 5.74) is 1.19. The topological polar surface area (TPSA) is 53.0 Å². The zero-order valence-electron chi connectivity index (χ0n) is 14.7. The van der Waals surface area contributed by atoms with Crippen molar-refractivity contribution in [2.24, 2.45) is 5.10 Å². The Bertz CT molecular complexity index is 835. The Balaban J connectivity index is 1.90. The third-order valence-corrected chi connectivity index (χ3v) is 5.26. The molecule has 1 unspecified atom stereocenters. The molecule has 7 heteroatoms. The average molecular weight is 373 g/mol. The fourth-order valence-electron chi connectivity index (χ4n) is 2.95. The third-order valence-electron chi connectivity index (χ3n) is 4.34. The molecule has 1 aromatic heterocycles. The molecule has 2 amide bonds. The van der Waals surface area contributed by atoms with Gasteiger partial charge in [0, 0.05) is 25.5 Å². The smallest absolute Gasteiger partial charge is 0.262 e. The van der Waals surface area contributed by atoms with Crippen LogP contribution in [0.15, 0.2) is 46.9 Å². The van der Waals surface area contributed by atoms with Gasteiger partial charge >= 0.3 is 0 Å². The van der Waals surface area contributed by atoms with Gasteiger partial charge in [-0.1, -0.05) is 31.2 Å². The van der Waals surface area contributed by atoms with Gasteiger partial charge in [0.15, 0.2) is 0 Å². The molecule has 136 valence electrons. The van der Waals surface area contributed by atoms with Crippen LogP contribution in [0.2, 0.25) is 0 Å². The zero-order valence-corrected chi connectivity index (χ0v) is 15.5. The first-order chi connectivity index (χ1) is 12.5. The molecule has 0 bridgehead atoms. The van der Waals surface area contributed by atoms with Gasteiger partial charge in [0.1, 0.15) is 12.4 Å². The van der Waals surface area contributed by atoms with Gasteiger partial charge in [-0.25, -0.2) is 9.40 Å². The Labute approximate surface area is 155 Å². The van der Waals surface area contributed by atoms with Crippen LogP contribution < -0.4 is 0 Å². The molecule has 1 aliphatic heterocycles. The second-order valence-electron chi connectivity index (χ2n) is 6.11. The van der Waals surface area contributed by atoms with Crippen LogP contribution in [0.4, 0.5) is 4.39 Å². The van der Waals surface area contributed by atoms with Crippen molar-refractivity contribution in [2.75, 3.05) is 13.6 Å². The van der Waals surface area contributed by atoms with Crippen molar-refractivity contribution >= 4 is 28.9 Å². The molecule has 2 aromatic rings. The highest BCUT2D eigenvalue weighted by Crippen LogP contribution is 2.35. The first kappa shape index (κ1) is 18.3. The summed E-state index contributed by atoms with van der Waals surface area (Å²) in [7, 11) is 1.59. The summed E-state index contributed by atoms with van der Waals surface area (Å²) in [5.74, 6) is -0.813. The molecule has 0 N–H and O–H groups in total. The standard InChI is InChI=1S/C19H20FN3O2S/c1-3-18(24)22(2)12-19(25)23-16(13-7-4-5-8-14(13)20)11-15(21-23)17-9-6-10-26-17/h4-10,16H,3,11-12H2,1-2H3. The lowest BCUT2D eigenvalue weighted by atomic mass is 10.0. The van der Waals surface area contributed by atoms with E-state index in [0.717, 1.165) is 10.6 Å². The predicted molar refractivity (Wildman–Crippen MR) is 99.4 cm³/mol. The normalized spacial score (nSPS) is 16.5. The van der Waals surface area contributed by atoms with E-state index < -0.39 is 6.04 Å². The molecule has 26 heavy (non-hydrogen) atoms. The van der Waals surface area contributed by atoms with Crippen LogP contribution in [0, 0.1) is 5.82 Å². The van der Waals surface area contributed by atoms with Crippen LogP contribution in [0.25, 0.3) is 0 Å². The van der Waals surface area contributed by atoms with Crippen molar-refractivity contribution in [3.63, 3.8) is 0 Å². The number of nitrogens with zero attached hydrogens (tertiary/aromatic N) is 3. The number of rotatable bonds is 5. The van der Waals surface area contributed by atoms with E-state index in [9.17, 15) is 14.0 Å². The van der Waals surface area contributed by atoms with Gasteiger partial charge in [-0.2, -0.15) is 5.10 Å². The van der Waals surface area contributed by atoms with Gasteiger partial charge in [-0.05, 0) is 17.5 Å². The molecule has 1 aromatic carbocycles. The minimum absolute atomic E-state index is 0.0845.